The molecule has 2 aromatic rings. The first-order chi connectivity index (χ1) is 12.0. The van der Waals surface area contributed by atoms with Crippen molar-refractivity contribution in [2.45, 2.75) is 18.9 Å². The highest BCUT2D eigenvalue weighted by molar-refractivity contribution is 5.34. The maximum atomic E-state index is 12.9. The standard InChI is InChI=1S/C20H24FNO3/c1-20(23,10-11-22-12-14-24-15-13-22)16-2-6-18(7-3-16)25-19-8-4-17(21)5-9-19/h2-9,23H,10-15H2,1H3. The molecule has 1 aliphatic heterocycles. The van der Waals surface area contributed by atoms with Crippen LogP contribution in [0.15, 0.2) is 48.5 Å². The van der Waals surface area contributed by atoms with Crippen molar-refractivity contribution < 1.29 is 19.0 Å². The van der Waals surface area contributed by atoms with Crippen molar-refractivity contribution >= 4 is 0 Å². The van der Waals surface area contributed by atoms with E-state index in [0.29, 0.717) is 17.9 Å². The first kappa shape index (κ1) is 17.9. The molecular formula is C20H24FNO3. The normalized spacial score (nSPS) is 17.9. The van der Waals surface area contributed by atoms with Crippen LogP contribution in [-0.2, 0) is 10.3 Å². The molecule has 1 heterocycles. The Labute approximate surface area is 147 Å². The Kier molecular flexibility index (Phi) is 5.68. The van der Waals surface area contributed by atoms with Gasteiger partial charge in [-0.1, -0.05) is 12.1 Å². The number of aliphatic hydroxyl groups is 1. The highest BCUT2D eigenvalue weighted by Crippen LogP contribution is 2.28. The van der Waals surface area contributed by atoms with Gasteiger partial charge in [0, 0.05) is 19.6 Å². The minimum absolute atomic E-state index is 0.293. The van der Waals surface area contributed by atoms with Gasteiger partial charge >= 0.3 is 0 Å². The second-order valence-corrected chi connectivity index (χ2v) is 6.56. The highest BCUT2D eigenvalue weighted by atomic mass is 19.1. The summed E-state index contributed by atoms with van der Waals surface area (Å²) >= 11 is 0. The van der Waals surface area contributed by atoms with Crippen LogP contribution in [0.1, 0.15) is 18.9 Å². The number of rotatable bonds is 6. The molecule has 4 nitrogen and oxygen atoms in total. The fourth-order valence-electron chi connectivity index (χ4n) is 2.87. The quantitative estimate of drug-likeness (QED) is 0.869. The summed E-state index contributed by atoms with van der Waals surface area (Å²) in [6, 6.07) is 13.3. The molecule has 0 amide bonds. The van der Waals surface area contributed by atoms with Gasteiger partial charge in [-0.05, 0) is 55.3 Å². The zero-order chi connectivity index (χ0) is 17.7. The number of hydrogen-bond donors (Lipinski definition) is 1. The third kappa shape index (κ3) is 5.01. The first-order valence-electron chi connectivity index (χ1n) is 8.59. The number of morpholine rings is 1. The van der Waals surface area contributed by atoms with Gasteiger partial charge in [-0.25, -0.2) is 4.39 Å². The van der Waals surface area contributed by atoms with Crippen LogP contribution in [0, 0.1) is 5.82 Å². The third-order valence-electron chi connectivity index (χ3n) is 4.54. The average Bonchev–Trinajstić information content (AvgIpc) is 2.63. The minimum atomic E-state index is -0.896. The minimum Gasteiger partial charge on any atom is -0.457 e. The van der Waals surface area contributed by atoms with E-state index in [1.807, 2.05) is 31.2 Å². The van der Waals surface area contributed by atoms with E-state index in [9.17, 15) is 9.50 Å². The lowest BCUT2D eigenvalue weighted by atomic mass is 9.92. The maximum absolute atomic E-state index is 12.9. The van der Waals surface area contributed by atoms with Crippen LogP contribution in [0.25, 0.3) is 0 Å². The van der Waals surface area contributed by atoms with Gasteiger partial charge in [-0.2, -0.15) is 0 Å². The number of benzene rings is 2. The summed E-state index contributed by atoms with van der Waals surface area (Å²) in [6.07, 6.45) is 0.658. The zero-order valence-corrected chi connectivity index (χ0v) is 14.5. The predicted molar refractivity (Wildman–Crippen MR) is 94.4 cm³/mol. The molecule has 0 saturated carbocycles. The van der Waals surface area contributed by atoms with Crippen LogP contribution in [-0.4, -0.2) is 42.9 Å². The Hall–Kier alpha value is -1.95. The second-order valence-electron chi connectivity index (χ2n) is 6.56. The summed E-state index contributed by atoms with van der Waals surface area (Å²) < 4.78 is 24.0. The number of halogens is 1. The molecule has 5 heteroatoms. The van der Waals surface area contributed by atoms with Gasteiger partial charge in [0.15, 0.2) is 0 Å². The van der Waals surface area contributed by atoms with E-state index in [0.717, 1.165) is 38.4 Å². The Morgan fingerprint density at radius 1 is 1.04 bits per heavy atom. The highest BCUT2D eigenvalue weighted by Gasteiger charge is 2.24. The molecule has 3 rings (SSSR count). The summed E-state index contributed by atoms with van der Waals surface area (Å²) in [5.74, 6) is 0.937. The molecule has 0 aromatic heterocycles. The van der Waals surface area contributed by atoms with Crippen LogP contribution in [0.3, 0.4) is 0 Å². The molecule has 1 N–H and O–H groups in total. The third-order valence-corrected chi connectivity index (χ3v) is 4.54. The van der Waals surface area contributed by atoms with Gasteiger partial charge in [0.1, 0.15) is 17.3 Å². The number of hydrogen-bond acceptors (Lipinski definition) is 4. The molecule has 25 heavy (non-hydrogen) atoms. The first-order valence-corrected chi connectivity index (χ1v) is 8.59. The Morgan fingerprint density at radius 2 is 1.60 bits per heavy atom. The molecule has 1 fully saturated rings. The molecular weight excluding hydrogens is 321 g/mol. The molecule has 0 aliphatic carbocycles. The van der Waals surface area contributed by atoms with Gasteiger partial charge < -0.3 is 14.6 Å². The lowest BCUT2D eigenvalue weighted by Gasteiger charge is -2.31. The largest absolute Gasteiger partial charge is 0.457 e. The van der Waals surface area contributed by atoms with E-state index in [-0.39, 0.29) is 5.82 Å². The maximum Gasteiger partial charge on any atom is 0.127 e. The van der Waals surface area contributed by atoms with Gasteiger partial charge in [0.05, 0.1) is 18.8 Å². The fourth-order valence-corrected chi connectivity index (χ4v) is 2.87. The molecule has 1 saturated heterocycles. The summed E-state index contributed by atoms with van der Waals surface area (Å²) in [6.45, 7) is 6.03. The summed E-state index contributed by atoms with van der Waals surface area (Å²) in [7, 11) is 0. The predicted octanol–water partition coefficient (Wildman–Crippen LogP) is 3.55. The Bertz CT molecular complexity index is 664. The fraction of sp³-hybridized carbons (Fsp3) is 0.400. The summed E-state index contributed by atoms with van der Waals surface area (Å²) in [4.78, 5) is 2.31. The van der Waals surface area contributed by atoms with Crippen molar-refractivity contribution in [2.75, 3.05) is 32.8 Å². The molecule has 0 bridgehead atoms. The Morgan fingerprint density at radius 3 is 2.20 bits per heavy atom. The van der Waals surface area contributed by atoms with E-state index >= 15 is 0 Å². The lowest BCUT2D eigenvalue weighted by Crippen LogP contribution is -2.39. The molecule has 0 spiro atoms. The van der Waals surface area contributed by atoms with E-state index in [1.54, 1.807) is 12.1 Å². The molecule has 1 aliphatic rings. The van der Waals surface area contributed by atoms with E-state index < -0.39 is 5.60 Å². The van der Waals surface area contributed by atoms with Crippen molar-refractivity contribution in [2.24, 2.45) is 0 Å². The second kappa shape index (κ2) is 7.95. The van der Waals surface area contributed by atoms with Gasteiger partial charge in [0.2, 0.25) is 0 Å². The van der Waals surface area contributed by atoms with Crippen LogP contribution >= 0.6 is 0 Å². The van der Waals surface area contributed by atoms with Crippen molar-refractivity contribution in [3.8, 4) is 11.5 Å². The van der Waals surface area contributed by atoms with Gasteiger partial charge in [-0.3, -0.25) is 4.90 Å². The van der Waals surface area contributed by atoms with Gasteiger partial charge in [0.25, 0.3) is 0 Å². The van der Waals surface area contributed by atoms with Crippen molar-refractivity contribution in [1.82, 2.24) is 4.90 Å². The molecule has 1 atom stereocenters. The average molecular weight is 345 g/mol. The van der Waals surface area contributed by atoms with Crippen LogP contribution < -0.4 is 4.74 Å². The summed E-state index contributed by atoms with van der Waals surface area (Å²) in [5.41, 5.74) is -0.0422. The Balaban J connectivity index is 1.58. The van der Waals surface area contributed by atoms with Crippen molar-refractivity contribution in [3.05, 3.63) is 59.9 Å². The van der Waals surface area contributed by atoms with Crippen LogP contribution in [0.5, 0.6) is 11.5 Å². The van der Waals surface area contributed by atoms with Crippen LogP contribution in [0.2, 0.25) is 0 Å². The van der Waals surface area contributed by atoms with E-state index in [2.05, 4.69) is 4.90 Å². The van der Waals surface area contributed by atoms with Crippen LogP contribution in [0.4, 0.5) is 4.39 Å². The van der Waals surface area contributed by atoms with E-state index in [1.165, 1.54) is 12.1 Å². The lowest BCUT2D eigenvalue weighted by molar-refractivity contribution is 0.00548. The summed E-state index contributed by atoms with van der Waals surface area (Å²) in [5, 5.41) is 10.8. The topological polar surface area (TPSA) is 41.9 Å². The van der Waals surface area contributed by atoms with Crippen molar-refractivity contribution in [3.63, 3.8) is 0 Å². The van der Waals surface area contributed by atoms with Crippen molar-refractivity contribution in [1.29, 1.82) is 0 Å². The monoisotopic (exact) mass is 345 g/mol. The molecule has 2 aromatic carbocycles. The SMILES string of the molecule is CC(O)(CCN1CCOCC1)c1ccc(Oc2ccc(F)cc2)cc1. The number of ether oxygens (including phenoxy) is 2. The molecule has 0 radical (unpaired) electrons. The molecule has 134 valence electrons. The number of nitrogens with zero attached hydrogens (tertiary/aromatic N) is 1. The zero-order valence-electron chi connectivity index (χ0n) is 14.5. The smallest absolute Gasteiger partial charge is 0.127 e. The van der Waals surface area contributed by atoms with E-state index in [4.69, 9.17) is 9.47 Å². The molecule has 1 unspecified atom stereocenters. The van der Waals surface area contributed by atoms with Gasteiger partial charge in [-0.15, -0.1) is 0 Å².